The largest absolute Gasteiger partial charge is 0.506 e. The molecule has 4 aromatic rings. The Balaban J connectivity index is 1.82. The van der Waals surface area contributed by atoms with Gasteiger partial charge in [-0.3, -0.25) is 9.44 Å². The monoisotopic (exact) mass is 749 g/mol. The highest BCUT2D eigenvalue weighted by molar-refractivity contribution is 7.92. The van der Waals surface area contributed by atoms with E-state index in [-0.39, 0.29) is 77.1 Å². The molecule has 4 N–H and O–H groups in total. The van der Waals surface area contributed by atoms with Gasteiger partial charge >= 0.3 is 11.3 Å². The van der Waals surface area contributed by atoms with Crippen LogP contribution in [0.15, 0.2) is 69.7 Å². The minimum atomic E-state index is -4.21. The van der Waals surface area contributed by atoms with Crippen molar-refractivity contribution in [2.24, 2.45) is 10.2 Å². The van der Waals surface area contributed by atoms with E-state index in [4.69, 9.17) is 13.7 Å². The highest BCUT2D eigenvalue weighted by atomic mass is 32.2. The summed E-state index contributed by atoms with van der Waals surface area (Å²) < 4.78 is 87.2. The maximum absolute atomic E-state index is 13.6. The number of phenols is 2. The third kappa shape index (κ3) is 8.99. The van der Waals surface area contributed by atoms with E-state index in [1.807, 2.05) is 13.8 Å². The summed E-state index contributed by atoms with van der Waals surface area (Å²) in [7, 11) is -6.52. The molecule has 0 amide bonds. The Morgan fingerprint density at radius 3 is 2.24 bits per heavy atom. The van der Waals surface area contributed by atoms with E-state index in [0.717, 1.165) is 27.8 Å². The fourth-order valence-electron chi connectivity index (χ4n) is 4.85. The zero-order valence-electron chi connectivity index (χ0n) is 28.3. The van der Waals surface area contributed by atoms with Crippen molar-refractivity contribution >= 4 is 64.8 Å². The highest BCUT2D eigenvalue weighted by Crippen LogP contribution is 2.44. The second kappa shape index (κ2) is 16.0. The Kier molecular flexibility index (Phi) is 12.3. The maximum atomic E-state index is 13.6. The molecule has 0 saturated carbocycles. The molecule has 1 atom stereocenters. The fraction of sp³-hybridized carbons (Fsp3) is 0.312. The number of benzene rings is 4. The van der Waals surface area contributed by atoms with E-state index in [9.17, 15) is 31.3 Å². The Morgan fingerprint density at radius 1 is 0.880 bits per heavy atom. The standard InChI is InChI=1S/C32H39N5O10S3/c1-7-37(8-2)50(43,44)30-19-26(31-23(32(30)39)10-9-11-24(31)36-49(6,41)42)34-33-22-12-13-28(46-15-14-45-5)29(18-22)47-48(40)35-25-16-20(3)21(4)17-27(25)38/h9-13,16-19,35-36,38-39H,7-8,14-15H2,1-6H3. The lowest BCUT2D eigenvalue weighted by atomic mass is 10.1. The van der Waals surface area contributed by atoms with Crippen molar-refractivity contribution in [1.29, 1.82) is 0 Å². The molecule has 270 valence electrons. The number of hydrogen-bond acceptors (Lipinski definition) is 12. The first-order valence-electron chi connectivity index (χ1n) is 15.2. The molecule has 0 aliphatic carbocycles. The highest BCUT2D eigenvalue weighted by Gasteiger charge is 2.28. The second-order valence-corrected chi connectivity index (χ2v) is 15.5. The van der Waals surface area contributed by atoms with Crippen molar-refractivity contribution in [3.05, 3.63) is 65.7 Å². The SMILES string of the molecule is CCN(CC)S(=O)(=O)c1cc(N=Nc2ccc(OCCOC)c(OS(=O)Nc3cc(C)c(C)cc3O)c2)c2c(NS(C)(=O)=O)cccc2c1O. The molecule has 50 heavy (non-hydrogen) atoms. The zero-order valence-corrected chi connectivity index (χ0v) is 30.7. The molecule has 0 aromatic heterocycles. The summed E-state index contributed by atoms with van der Waals surface area (Å²) in [4.78, 5) is -0.443. The van der Waals surface area contributed by atoms with Crippen LogP contribution in [0.25, 0.3) is 10.8 Å². The molecule has 0 aliphatic heterocycles. The molecule has 0 spiro atoms. The van der Waals surface area contributed by atoms with E-state index in [0.29, 0.717) is 0 Å². The van der Waals surface area contributed by atoms with E-state index in [1.54, 1.807) is 19.9 Å². The van der Waals surface area contributed by atoms with Gasteiger partial charge in [0.15, 0.2) is 11.5 Å². The number of phenolic OH excluding ortho intramolecular Hbond substituents is 2. The van der Waals surface area contributed by atoms with Crippen molar-refractivity contribution in [1.82, 2.24) is 4.31 Å². The van der Waals surface area contributed by atoms with E-state index >= 15 is 0 Å². The Bertz CT molecular complexity index is 2160. The summed E-state index contributed by atoms with van der Waals surface area (Å²) in [5, 5.41) is 30.2. The number of nitrogens with one attached hydrogen (secondary N) is 2. The summed E-state index contributed by atoms with van der Waals surface area (Å²) in [5.74, 6) is -0.548. The lowest BCUT2D eigenvalue weighted by Crippen LogP contribution is -2.30. The number of anilines is 2. The number of methoxy groups -OCH3 is 1. The van der Waals surface area contributed by atoms with Crippen molar-refractivity contribution in [2.75, 3.05) is 49.1 Å². The van der Waals surface area contributed by atoms with Crippen molar-refractivity contribution in [3.63, 3.8) is 0 Å². The topological polar surface area (TPSA) is 206 Å². The minimum absolute atomic E-state index is 0.0165. The van der Waals surface area contributed by atoms with Gasteiger partial charge in [0.25, 0.3) is 0 Å². The Hall–Kier alpha value is -4.49. The van der Waals surface area contributed by atoms with Gasteiger partial charge in [-0.25, -0.2) is 16.8 Å². The van der Waals surface area contributed by atoms with Crippen LogP contribution in [0, 0.1) is 13.8 Å². The second-order valence-electron chi connectivity index (χ2n) is 11.0. The van der Waals surface area contributed by atoms with Crippen LogP contribution >= 0.6 is 0 Å². The van der Waals surface area contributed by atoms with Gasteiger partial charge in [0.1, 0.15) is 23.0 Å². The molecule has 0 bridgehead atoms. The van der Waals surface area contributed by atoms with Crippen LogP contribution in [0.2, 0.25) is 0 Å². The van der Waals surface area contributed by atoms with Crippen LogP contribution in [-0.2, 0) is 36.0 Å². The molecule has 0 aliphatic rings. The zero-order chi connectivity index (χ0) is 36.8. The molecule has 0 fully saturated rings. The first-order valence-corrected chi connectivity index (χ1v) is 19.6. The average molecular weight is 750 g/mol. The number of rotatable bonds is 16. The normalized spacial score (nSPS) is 12.8. The van der Waals surface area contributed by atoms with Gasteiger partial charge in [-0.05, 0) is 61.4 Å². The Labute approximate surface area is 293 Å². The van der Waals surface area contributed by atoms with Gasteiger partial charge in [-0.15, -0.1) is 5.11 Å². The third-order valence-corrected chi connectivity index (χ3v) is 10.8. The number of ether oxygens (including phenoxy) is 2. The van der Waals surface area contributed by atoms with Gasteiger partial charge in [-0.1, -0.05) is 26.0 Å². The number of fused-ring (bicyclic) bond motifs is 1. The van der Waals surface area contributed by atoms with Crippen molar-refractivity contribution in [3.8, 4) is 23.0 Å². The Morgan fingerprint density at radius 2 is 1.58 bits per heavy atom. The third-order valence-electron chi connectivity index (χ3n) is 7.41. The lowest BCUT2D eigenvalue weighted by Gasteiger charge is -2.20. The van der Waals surface area contributed by atoms with Crippen LogP contribution < -0.4 is 18.4 Å². The van der Waals surface area contributed by atoms with Crippen molar-refractivity contribution in [2.45, 2.75) is 32.6 Å². The van der Waals surface area contributed by atoms with Crippen LogP contribution in [-0.4, -0.2) is 75.2 Å². The van der Waals surface area contributed by atoms with Gasteiger partial charge < -0.3 is 23.9 Å². The van der Waals surface area contributed by atoms with Crippen molar-refractivity contribution < 1.29 is 44.9 Å². The number of azo groups is 1. The van der Waals surface area contributed by atoms with E-state index < -0.39 is 42.0 Å². The predicted molar refractivity (Wildman–Crippen MR) is 192 cm³/mol. The number of aromatic hydroxyl groups is 2. The molecule has 0 heterocycles. The summed E-state index contributed by atoms with van der Waals surface area (Å²) >= 11 is -2.22. The van der Waals surface area contributed by atoms with Gasteiger partial charge in [0.2, 0.25) is 20.0 Å². The summed E-state index contributed by atoms with van der Waals surface area (Å²) in [6, 6.07) is 13.0. The molecule has 0 radical (unpaired) electrons. The molecule has 18 heteroatoms. The summed E-state index contributed by atoms with van der Waals surface area (Å²) in [5.41, 5.74) is 1.96. The van der Waals surface area contributed by atoms with Crippen LogP contribution in [0.4, 0.5) is 22.7 Å². The molecule has 0 saturated heterocycles. The number of hydrogen-bond donors (Lipinski definition) is 4. The van der Waals surface area contributed by atoms with Gasteiger partial charge in [0, 0.05) is 37.0 Å². The first-order chi connectivity index (χ1) is 23.6. The van der Waals surface area contributed by atoms with Crippen LogP contribution in [0.5, 0.6) is 23.0 Å². The molecule has 1 unspecified atom stereocenters. The van der Waals surface area contributed by atoms with Crippen LogP contribution in [0.3, 0.4) is 0 Å². The van der Waals surface area contributed by atoms with Crippen LogP contribution in [0.1, 0.15) is 25.0 Å². The smallest absolute Gasteiger partial charge is 0.316 e. The number of nitrogens with zero attached hydrogens (tertiary/aromatic N) is 3. The molecule has 15 nitrogen and oxygen atoms in total. The quantitative estimate of drug-likeness (QED) is 0.0617. The molecule has 4 aromatic carbocycles. The van der Waals surface area contributed by atoms with E-state index in [1.165, 1.54) is 49.6 Å². The maximum Gasteiger partial charge on any atom is 0.316 e. The fourth-order valence-corrected chi connectivity index (χ4v) is 7.67. The van der Waals surface area contributed by atoms with Gasteiger partial charge in [-0.2, -0.15) is 13.6 Å². The molecular weight excluding hydrogens is 711 g/mol. The average Bonchev–Trinajstić information content (AvgIpc) is 3.04. The summed E-state index contributed by atoms with van der Waals surface area (Å²) in [6.07, 6.45) is 0.948. The van der Waals surface area contributed by atoms with Gasteiger partial charge in [0.05, 0.1) is 35.6 Å². The molecular formula is C32H39N5O10S3. The first kappa shape index (κ1) is 38.3. The van der Waals surface area contributed by atoms with E-state index in [2.05, 4.69) is 19.7 Å². The summed E-state index contributed by atoms with van der Waals surface area (Å²) in [6.45, 7) is 7.60. The molecule has 4 rings (SSSR count). The minimum Gasteiger partial charge on any atom is -0.506 e. The predicted octanol–water partition coefficient (Wildman–Crippen LogP) is 5.78. The number of aryl methyl sites for hydroxylation is 2. The number of sulfonamides is 2. The lowest BCUT2D eigenvalue weighted by molar-refractivity contribution is 0.145.